The van der Waals surface area contributed by atoms with Crippen molar-refractivity contribution in [3.05, 3.63) is 60.2 Å². The number of nitrogens with zero attached hydrogens (tertiary/aromatic N) is 3. The zero-order chi connectivity index (χ0) is 27.9. The van der Waals surface area contributed by atoms with Crippen LogP contribution in [0.2, 0.25) is 0 Å². The highest BCUT2D eigenvalue weighted by Gasteiger charge is 2.72. The summed E-state index contributed by atoms with van der Waals surface area (Å²) < 4.78 is -0.859. The molecule has 2 fully saturated rings. The summed E-state index contributed by atoms with van der Waals surface area (Å²) in [7, 11) is 0. The number of fused-ring (bicyclic) bond motifs is 2. The van der Waals surface area contributed by atoms with Crippen molar-refractivity contribution in [2.45, 2.75) is 75.2 Å². The molecule has 4 heterocycles. The zero-order valence-electron chi connectivity index (χ0n) is 23.4. The average Bonchev–Trinajstić information content (AvgIpc) is 3.23. The third kappa shape index (κ3) is 4.63. The summed E-state index contributed by atoms with van der Waals surface area (Å²) in [5.74, 6) is -1.57. The fraction of sp³-hybridized carbons (Fsp3) is 0.581. The van der Waals surface area contributed by atoms with Gasteiger partial charge in [0, 0.05) is 30.9 Å². The minimum Gasteiger partial charge on any atom is -0.394 e. The fourth-order valence-corrected chi connectivity index (χ4v) is 9.03. The second-order valence-electron chi connectivity index (χ2n) is 11.7. The van der Waals surface area contributed by atoms with E-state index in [-0.39, 0.29) is 41.5 Å². The molecule has 1 spiro atoms. The van der Waals surface area contributed by atoms with Crippen LogP contribution in [0.1, 0.15) is 46.1 Å². The number of carbonyl (C=O) groups excluding carboxylic acids is 3. The smallest absolute Gasteiger partial charge is 0.247 e. The first-order valence-electron chi connectivity index (χ1n) is 14.3. The molecule has 39 heavy (non-hydrogen) atoms. The highest BCUT2D eigenvalue weighted by molar-refractivity contribution is 8.02. The van der Waals surface area contributed by atoms with Crippen LogP contribution < -0.4 is 0 Å². The van der Waals surface area contributed by atoms with Gasteiger partial charge >= 0.3 is 0 Å². The number of aliphatic hydroxyl groups excluding tert-OH is 1. The number of hydrogen-bond donors (Lipinski definition) is 1. The van der Waals surface area contributed by atoms with E-state index in [4.69, 9.17) is 0 Å². The van der Waals surface area contributed by atoms with Gasteiger partial charge in [-0.2, -0.15) is 0 Å². The molecule has 0 radical (unpaired) electrons. The van der Waals surface area contributed by atoms with Gasteiger partial charge in [0.05, 0.1) is 29.2 Å². The van der Waals surface area contributed by atoms with Crippen LogP contribution >= 0.6 is 11.8 Å². The lowest BCUT2D eigenvalue weighted by Gasteiger charge is -2.41. The number of likely N-dealkylation sites (tertiary alicyclic amines) is 1. The van der Waals surface area contributed by atoms with Crippen LogP contribution in [-0.4, -0.2) is 85.3 Å². The second-order valence-corrected chi connectivity index (χ2v) is 13.2. The van der Waals surface area contributed by atoms with Crippen LogP contribution in [-0.2, 0) is 20.9 Å². The van der Waals surface area contributed by atoms with Crippen LogP contribution in [0.4, 0.5) is 0 Å². The normalized spacial score (nSPS) is 31.7. The van der Waals surface area contributed by atoms with Gasteiger partial charge in [0.1, 0.15) is 6.04 Å². The van der Waals surface area contributed by atoms with E-state index in [0.717, 1.165) is 18.4 Å². The highest BCUT2D eigenvalue weighted by atomic mass is 32.2. The number of benzene rings is 1. The Labute approximate surface area is 236 Å². The lowest BCUT2D eigenvalue weighted by molar-refractivity contribution is -0.148. The Bertz CT molecular complexity index is 1150. The molecule has 2 unspecified atom stereocenters. The molecule has 4 aliphatic heterocycles. The highest BCUT2D eigenvalue weighted by Crippen LogP contribution is 2.61. The molecule has 210 valence electrons. The maximum atomic E-state index is 14.5. The molecule has 0 bridgehead atoms. The molecule has 7 atom stereocenters. The number of rotatable bonds is 8. The number of thioether (sulfide) groups is 1. The summed E-state index contributed by atoms with van der Waals surface area (Å²) in [6, 6.07) is 8.69. The number of amides is 3. The first-order valence-corrected chi connectivity index (χ1v) is 15.2. The Morgan fingerprint density at radius 1 is 1.03 bits per heavy atom. The zero-order valence-corrected chi connectivity index (χ0v) is 24.2. The Morgan fingerprint density at radius 3 is 2.44 bits per heavy atom. The van der Waals surface area contributed by atoms with E-state index in [0.29, 0.717) is 19.6 Å². The van der Waals surface area contributed by atoms with Crippen LogP contribution in [0, 0.1) is 17.8 Å². The molecule has 3 amide bonds. The summed E-state index contributed by atoms with van der Waals surface area (Å²) in [4.78, 5) is 48.5. The van der Waals surface area contributed by atoms with Crippen molar-refractivity contribution in [2.75, 3.05) is 19.7 Å². The molecule has 1 aromatic carbocycles. The Balaban J connectivity index is 1.58. The van der Waals surface area contributed by atoms with Crippen LogP contribution in [0.25, 0.3) is 0 Å². The summed E-state index contributed by atoms with van der Waals surface area (Å²) in [5.41, 5.74) is 1.04. The van der Waals surface area contributed by atoms with E-state index in [1.165, 1.54) is 0 Å². The van der Waals surface area contributed by atoms with Gasteiger partial charge in [-0.25, -0.2) is 0 Å². The lowest BCUT2D eigenvalue weighted by Crippen LogP contribution is -2.58. The summed E-state index contributed by atoms with van der Waals surface area (Å²) in [6.07, 6.45) is 10.0. The molecule has 0 saturated carbocycles. The minimum absolute atomic E-state index is 0.0321. The van der Waals surface area contributed by atoms with E-state index in [9.17, 15) is 19.5 Å². The van der Waals surface area contributed by atoms with E-state index in [2.05, 4.69) is 26.0 Å². The SMILES string of the molecule is CCCC(C)N1CC=C[C@]23S[C@@H]4C=CCN(Cc5ccccc5)C(=O)[C@@H]4[C@H]2C(=O)N([C@@H](CO)C(C)C)C3C1=O. The first-order chi connectivity index (χ1) is 18.7. The number of hydrogen-bond acceptors (Lipinski definition) is 5. The first kappa shape index (κ1) is 28.0. The van der Waals surface area contributed by atoms with Gasteiger partial charge in [-0.3, -0.25) is 14.4 Å². The van der Waals surface area contributed by atoms with Crippen LogP contribution in [0.5, 0.6) is 0 Å². The molecule has 0 aromatic heterocycles. The van der Waals surface area contributed by atoms with Gasteiger partial charge < -0.3 is 19.8 Å². The van der Waals surface area contributed by atoms with E-state index < -0.39 is 28.7 Å². The van der Waals surface area contributed by atoms with Gasteiger partial charge in [-0.05, 0) is 24.8 Å². The monoisotopic (exact) mass is 551 g/mol. The predicted octanol–water partition coefficient (Wildman–Crippen LogP) is 3.49. The number of carbonyl (C=O) groups is 3. The maximum Gasteiger partial charge on any atom is 0.247 e. The average molecular weight is 552 g/mol. The molecule has 2 saturated heterocycles. The van der Waals surface area contributed by atoms with Crippen molar-refractivity contribution in [2.24, 2.45) is 17.8 Å². The molecule has 8 heteroatoms. The lowest BCUT2D eigenvalue weighted by atomic mass is 9.78. The topological polar surface area (TPSA) is 81.2 Å². The van der Waals surface area contributed by atoms with Gasteiger partial charge in [-0.1, -0.05) is 81.8 Å². The quantitative estimate of drug-likeness (QED) is 0.501. The van der Waals surface area contributed by atoms with Crippen molar-refractivity contribution in [3.63, 3.8) is 0 Å². The van der Waals surface area contributed by atoms with Crippen molar-refractivity contribution in [1.29, 1.82) is 0 Å². The largest absolute Gasteiger partial charge is 0.394 e. The number of aliphatic hydroxyl groups is 1. The molecule has 5 rings (SSSR count). The summed E-state index contributed by atoms with van der Waals surface area (Å²) >= 11 is 1.60. The molecule has 0 aliphatic carbocycles. The van der Waals surface area contributed by atoms with E-state index in [1.54, 1.807) is 16.7 Å². The van der Waals surface area contributed by atoms with Crippen molar-refractivity contribution in [3.8, 4) is 0 Å². The van der Waals surface area contributed by atoms with Crippen LogP contribution in [0.15, 0.2) is 54.6 Å². The summed E-state index contributed by atoms with van der Waals surface area (Å²) in [6.45, 7) is 9.34. The second kappa shape index (κ2) is 11.1. The Hall–Kier alpha value is -2.58. The van der Waals surface area contributed by atoms with Crippen molar-refractivity contribution in [1.82, 2.24) is 14.7 Å². The van der Waals surface area contributed by atoms with E-state index in [1.807, 2.05) is 66.1 Å². The summed E-state index contributed by atoms with van der Waals surface area (Å²) in [5, 5.41) is 10.3. The van der Waals surface area contributed by atoms with Crippen molar-refractivity contribution < 1.29 is 19.5 Å². The fourth-order valence-electron chi connectivity index (χ4n) is 7.04. The minimum atomic E-state index is -0.859. The molecule has 1 aromatic rings. The standard InChI is InChI=1S/C31H41N3O4S/c1-5-11-21(4)33-17-10-15-31-26(29(37)34(27(31)30(33)38)23(19-35)20(2)3)25-24(39-31)14-9-16-32(28(25)36)18-22-12-7-6-8-13-22/h6-10,12-15,20-21,23-27,35H,5,11,16-19H2,1-4H3/t21?,23-,24+,25-,26-,27?,31-/m0/s1. The van der Waals surface area contributed by atoms with Gasteiger partial charge in [0.2, 0.25) is 17.7 Å². The van der Waals surface area contributed by atoms with Gasteiger partial charge in [0.15, 0.2) is 0 Å². The molecule has 1 N–H and O–H groups in total. The Morgan fingerprint density at radius 2 is 1.77 bits per heavy atom. The molecular weight excluding hydrogens is 510 g/mol. The third-order valence-electron chi connectivity index (χ3n) is 8.98. The third-order valence-corrected chi connectivity index (χ3v) is 10.7. The molecular formula is C31H41N3O4S. The predicted molar refractivity (Wildman–Crippen MR) is 154 cm³/mol. The molecule has 4 aliphatic rings. The van der Waals surface area contributed by atoms with Gasteiger partial charge in [0.25, 0.3) is 0 Å². The van der Waals surface area contributed by atoms with Crippen LogP contribution in [0.3, 0.4) is 0 Å². The van der Waals surface area contributed by atoms with Gasteiger partial charge in [-0.15, -0.1) is 11.8 Å². The maximum absolute atomic E-state index is 14.5. The van der Waals surface area contributed by atoms with Crippen molar-refractivity contribution >= 4 is 29.5 Å². The Kier molecular flexibility index (Phi) is 7.98. The van der Waals surface area contributed by atoms with E-state index >= 15 is 0 Å². The molecule has 7 nitrogen and oxygen atoms in total.